The zero-order valence-corrected chi connectivity index (χ0v) is 13.6. The Kier molecular flexibility index (Phi) is 5.54. The van der Waals surface area contributed by atoms with Crippen molar-refractivity contribution in [2.45, 2.75) is 18.7 Å². The molecule has 0 unspecified atom stereocenters. The molecule has 0 heterocycles. The zero-order chi connectivity index (χ0) is 16.8. The van der Waals surface area contributed by atoms with E-state index < -0.39 is 5.97 Å². The zero-order valence-electron chi connectivity index (χ0n) is 12.7. The molecule has 0 aliphatic heterocycles. The van der Waals surface area contributed by atoms with Gasteiger partial charge in [-0.05, 0) is 31.2 Å². The summed E-state index contributed by atoms with van der Waals surface area (Å²) >= 11 is 1.03. The minimum Gasteiger partial charge on any atom is -0.478 e. The number of thioether (sulfide) groups is 1. The van der Waals surface area contributed by atoms with E-state index >= 15 is 0 Å². The van der Waals surface area contributed by atoms with Gasteiger partial charge in [-0.1, -0.05) is 41.6 Å². The van der Waals surface area contributed by atoms with E-state index in [1.807, 2.05) is 31.2 Å². The van der Waals surface area contributed by atoms with Crippen molar-refractivity contribution in [3.05, 3.63) is 59.7 Å². The highest BCUT2D eigenvalue weighted by atomic mass is 32.2. The molecule has 2 N–H and O–H groups in total. The van der Waals surface area contributed by atoms with Gasteiger partial charge in [0.25, 0.3) is 0 Å². The number of benzene rings is 2. The maximum atomic E-state index is 11.8. The number of hydrogen-bond acceptors (Lipinski definition) is 5. The molecule has 0 spiro atoms. The third-order valence-electron chi connectivity index (χ3n) is 2.96. The minimum absolute atomic E-state index is 0.141. The van der Waals surface area contributed by atoms with Crippen molar-refractivity contribution in [2.24, 2.45) is 5.10 Å². The predicted octanol–water partition coefficient (Wildman–Crippen LogP) is 3.80. The summed E-state index contributed by atoms with van der Waals surface area (Å²) in [4.78, 5) is 23.5. The van der Waals surface area contributed by atoms with Gasteiger partial charge in [0.1, 0.15) is 0 Å². The van der Waals surface area contributed by atoms with Gasteiger partial charge in [0.05, 0.1) is 11.3 Å². The van der Waals surface area contributed by atoms with E-state index in [0.717, 1.165) is 23.0 Å². The number of aromatic carboxylic acids is 1. The second-order valence-corrected chi connectivity index (χ2v) is 5.88. The maximum absolute atomic E-state index is 11.8. The van der Waals surface area contributed by atoms with E-state index in [1.54, 1.807) is 18.2 Å². The van der Waals surface area contributed by atoms with Gasteiger partial charge in [-0.2, -0.15) is 5.10 Å². The van der Waals surface area contributed by atoms with Crippen LogP contribution in [0.25, 0.3) is 0 Å². The lowest BCUT2D eigenvalue weighted by Gasteiger charge is -2.07. The SMILES string of the molecule is CC(=O)/C(=N\Nc1ccc(C)cc1)Sc1ccccc1C(=O)O. The van der Waals surface area contributed by atoms with Crippen LogP contribution >= 0.6 is 11.8 Å². The second kappa shape index (κ2) is 7.60. The van der Waals surface area contributed by atoms with Gasteiger partial charge in [-0.15, -0.1) is 0 Å². The first-order valence-corrected chi connectivity index (χ1v) is 7.70. The first kappa shape index (κ1) is 16.8. The molecule has 2 aromatic rings. The van der Waals surface area contributed by atoms with Crippen molar-refractivity contribution in [1.82, 2.24) is 0 Å². The van der Waals surface area contributed by atoms with Crippen LogP contribution in [0.3, 0.4) is 0 Å². The Hall–Kier alpha value is -2.60. The van der Waals surface area contributed by atoms with Gasteiger partial charge in [0.2, 0.25) is 0 Å². The molecule has 0 atom stereocenters. The Morgan fingerprint density at radius 1 is 1.09 bits per heavy atom. The molecule has 0 radical (unpaired) electrons. The summed E-state index contributed by atoms with van der Waals surface area (Å²) in [7, 11) is 0. The van der Waals surface area contributed by atoms with Crippen LogP contribution in [0.15, 0.2) is 58.5 Å². The number of hydrogen-bond donors (Lipinski definition) is 2. The third kappa shape index (κ3) is 4.69. The summed E-state index contributed by atoms with van der Waals surface area (Å²) in [6.07, 6.45) is 0. The van der Waals surface area contributed by atoms with Crippen LogP contribution in [-0.2, 0) is 4.79 Å². The lowest BCUT2D eigenvalue weighted by molar-refractivity contribution is -0.110. The number of carboxylic acid groups (broad SMARTS) is 1. The first-order valence-electron chi connectivity index (χ1n) is 6.89. The van der Waals surface area contributed by atoms with E-state index in [9.17, 15) is 14.7 Å². The van der Waals surface area contributed by atoms with Gasteiger partial charge in [-0.3, -0.25) is 10.2 Å². The number of Topliss-reactive ketones (excluding diaryl/α,β-unsaturated/α-hetero) is 1. The lowest BCUT2D eigenvalue weighted by atomic mass is 10.2. The van der Waals surface area contributed by atoms with E-state index in [2.05, 4.69) is 10.5 Å². The summed E-state index contributed by atoms with van der Waals surface area (Å²) in [5.41, 5.74) is 4.83. The van der Waals surface area contributed by atoms with Crippen LogP contribution in [0.5, 0.6) is 0 Å². The van der Waals surface area contributed by atoms with Crippen LogP contribution < -0.4 is 5.43 Å². The Morgan fingerprint density at radius 2 is 1.74 bits per heavy atom. The Labute approximate surface area is 138 Å². The highest BCUT2D eigenvalue weighted by Gasteiger charge is 2.15. The van der Waals surface area contributed by atoms with Gasteiger partial charge in [0, 0.05) is 11.8 Å². The number of hydrazone groups is 1. The summed E-state index contributed by atoms with van der Waals surface area (Å²) in [6.45, 7) is 3.37. The molecule has 2 aromatic carbocycles. The van der Waals surface area contributed by atoms with Gasteiger partial charge < -0.3 is 5.11 Å². The van der Waals surface area contributed by atoms with E-state index in [4.69, 9.17) is 0 Å². The number of nitrogens with one attached hydrogen (secondary N) is 1. The minimum atomic E-state index is -1.04. The summed E-state index contributed by atoms with van der Waals surface area (Å²) in [6, 6.07) is 14.1. The average molecular weight is 328 g/mol. The van der Waals surface area contributed by atoms with Crippen molar-refractivity contribution >= 4 is 34.2 Å². The van der Waals surface area contributed by atoms with Crippen molar-refractivity contribution in [2.75, 3.05) is 5.43 Å². The molecule has 0 saturated heterocycles. The normalized spacial score (nSPS) is 11.1. The Bertz CT molecular complexity index is 755. The molecule has 0 saturated carbocycles. The number of carbonyl (C=O) groups excluding carboxylic acids is 1. The van der Waals surface area contributed by atoms with Crippen molar-refractivity contribution in [3.8, 4) is 0 Å². The fraction of sp³-hybridized carbons (Fsp3) is 0.118. The number of carboxylic acids is 1. The van der Waals surface area contributed by atoms with Crippen LogP contribution in [0.2, 0.25) is 0 Å². The molecular weight excluding hydrogens is 312 g/mol. The van der Waals surface area contributed by atoms with Gasteiger partial charge >= 0.3 is 5.97 Å². The molecule has 2 rings (SSSR count). The molecule has 0 aliphatic rings. The van der Waals surface area contributed by atoms with Gasteiger partial charge in [-0.25, -0.2) is 4.79 Å². The van der Waals surface area contributed by atoms with E-state index in [0.29, 0.717) is 4.90 Å². The standard InChI is InChI=1S/C17H16N2O3S/c1-11-7-9-13(10-8-11)18-19-16(12(2)20)23-15-6-4-3-5-14(15)17(21)22/h3-10,18H,1-2H3,(H,21,22)/b19-16+. The smallest absolute Gasteiger partial charge is 0.336 e. The molecule has 0 bridgehead atoms. The molecule has 6 heteroatoms. The molecule has 118 valence electrons. The number of nitrogens with zero attached hydrogens (tertiary/aromatic N) is 1. The highest BCUT2D eigenvalue weighted by Crippen LogP contribution is 2.25. The van der Waals surface area contributed by atoms with Crippen LogP contribution in [0.1, 0.15) is 22.8 Å². The van der Waals surface area contributed by atoms with Crippen LogP contribution in [0, 0.1) is 6.92 Å². The Morgan fingerprint density at radius 3 is 2.35 bits per heavy atom. The van der Waals surface area contributed by atoms with E-state index in [1.165, 1.54) is 13.0 Å². The topological polar surface area (TPSA) is 78.8 Å². The fourth-order valence-corrected chi connectivity index (χ4v) is 2.61. The number of rotatable bonds is 5. The maximum Gasteiger partial charge on any atom is 0.336 e. The highest BCUT2D eigenvalue weighted by molar-refractivity contribution is 8.15. The summed E-state index contributed by atoms with van der Waals surface area (Å²) in [5.74, 6) is -1.28. The van der Waals surface area contributed by atoms with Gasteiger partial charge in [0.15, 0.2) is 10.8 Å². The second-order valence-electron chi connectivity index (χ2n) is 4.85. The lowest BCUT2D eigenvalue weighted by Crippen LogP contribution is -2.09. The molecule has 0 aliphatic carbocycles. The number of carbonyl (C=O) groups is 2. The third-order valence-corrected chi connectivity index (χ3v) is 4.11. The number of anilines is 1. The Balaban J connectivity index is 2.22. The average Bonchev–Trinajstić information content (AvgIpc) is 2.53. The fourth-order valence-electron chi connectivity index (χ4n) is 1.75. The van der Waals surface area contributed by atoms with Crippen molar-refractivity contribution in [3.63, 3.8) is 0 Å². The molecule has 5 nitrogen and oxygen atoms in total. The quantitative estimate of drug-likeness (QED) is 0.378. The summed E-state index contributed by atoms with van der Waals surface area (Å²) in [5, 5.41) is 13.5. The number of aryl methyl sites for hydroxylation is 1. The molecule has 23 heavy (non-hydrogen) atoms. The molecule has 0 aromatic heterocycles. The van der Waals surface area contributed by atoms with Crippen LogP contribution in [-0.4, -0.2) is 21.9 Å². The monoisotopic (exact) mass is 328 g/mol. The largest absolute Gasteiger partial charge is 0.478 e. The molecule has 0 fully saturated rings. The summed E-state index contributed by atoms with van der Waals surface area (Å²) < 4.78 is 0. The van der Waals surface area contributed by atoms with Crippen molar-refractivity contribution < 1.29 is 14.7 Å². The first-order chi connectivity index (χ1) is 11.0. The van der Waals surface area contributed by atoms with Crippen molar-refractivity contribution in [1.29, 1.82) is 0 Å². The van der Waals surface area contributed by atoms with Crippen LogP contribution in [0.4, 0.5) is 5.69 Å². The predicted molar refractivity (Wildman–Crippen MR) is 92.2 cm³/mol. The molecule has 0 amide bonds. The van der Waals surface area contributed by atoms with E-state index in [-0.39, 0.29) is 16.4 Å². The molecular formula is C17H16N2O3S. The number of ketones is 1.